The molecule has 170 valence electrons. The van der Waals surface area contributed by atoms with Gasteiger partial charge in [0.15, 0.2) is 5.69 Å². The van der Waals surface area contributed by atoms with E-state index in [0.717, 1.165) is 11.1 Å². The van der Waals surface area contributed by atoms with E-state index in [0.29, 0.717) is 23.7 Å². The first-order valence-corrected chi connectivity index (χ1v) is 10.5. The van der Waals surface area contributed by atoms with Crippen molar-refractivity contribution in [1.82, 2.24) is 9.55 Å². The molecule has 0 saturated heterocycles. The number of methoxy groups -OCH3 is 1. The summed E-state index contributed by atoms with van der Waals surface area (Å²) in [6, 6.07) is 5.30. The van der Waals surface area contributed by atoms with E-state index < -0.39 is 17.2 Å². The lowest BCUT2D eigenvalue weighted by Gasteiger charge is -2.23. The SMILES string of the molecule is CCCn1c(N)c(N(CCOC)C(=O)/C=C/C2=Cc3cc(Cl)ccc3OC2)c(=O)[nH]c1=O. The number of H-pyrrole nitrogens is 1. The zero-order valence-electron chi connectivity index (χ0n) is 17.9. The van der Waals surface area contributed by atoms with Gasteiger partial charge in [0.1, 0.15) is 18.2 Å². The molecule has 0 unspecified atom stereocenters. The number of nitrogens with one attached hydrogen (secondary N) is 1. The van der Waals surface area contributed by atoms with Crippen molar-refractivity contribution in [3.8, 4) is 5.75 Å². The van der Waals surface area contributed by atoms with E-state index in [9.17, 15) is 14.4 Å². The Bertz CT molecular complexity index is 1180. The Kier molecular flexibility index (Phi) is 7.55. The first-order valence-electron chi connectivity index (χ1n) is 10.1. The second-order valence-corrected chi connectivity index (χ2v) is 7.59. The van der Waals surface area contributed by atoms with Crippen molar-refractivity contribution in [3.05, 3.63) is 67.3 Å². The van der Waals surface area contributed by atoms with Crippen LogP contribution >= 0.6 is 11.6 Å². The van der Waals surface area contributed by atoms with E-state index in [4.69, 9.17) is 26.8 Å². The van der Waals surface area contributed by atoms with E-state index in [1.807, 2.05) is 13.0 Å². The maximum Gasteiger partial charge on any atom is 0.330 e. The van der Waals surface area contributed by atoms with Crippen LogP contribution in [-0.4, -0.2) is 42.3 Å². The molecule has 1 aromatic heterocycles. The van der Waals surface area contributed by atoms with Gasteiger partial charge < -0.3 is 15.2 Å². The molecule has 0 saturated carbocycles. The van der Waals surface area contributed by atoms with E-state index in [1.165, 1.54) is 22.7 Å². The minimum absolute atomic E-state index is 0.0674. The fourth-order valence-electron chi connectivity index (χ4n) is 3.33. The molecular weight excluding hydrogens is 436 g/mol. The molecule has 32 heavy (non-hydrogen) atoms. The van der Waals surface area contributed by atoms with Crippen LogP contribution in [0.15, 0.2) is 45.5 Å². The second kappa shape index (κ2) is 10.3. The number of hydrogen-bond acceptors (Lipinski definition) is 6. The number of nitrogen functional groups attached to an aromatic ring is 1. The van der Waals surface area contributed by atoms with Gasteiger partial charge in [0, 0.05) is 36.9 Å². The third kappa shape index (κ3) is 5.12. The van der Waals surface area contributed by atoms with Gasteiger partial charge in [-0.1, -0.05) is 24.6 Å². The van der Waals surface area contributed by atoms with Crippen LogP contribution in [0.1, 0.15) is 18.9 Å². The molecule has 0 spiro atoms. The van der Waals surface area contributed by atoms with Crippen LogP contribution in [-0.2, 0) is 16.1 Å². The third-order valence-electron chi connectivity index (χ3n) is 4.86. The number of ether oxygens (including phenoxy) is 2. The molecule has 1 aromatic carbocycles. The molecule has 0 aliphatic carbocycles. The summed E-state index contributed by atoms with van der Waals surface area (Å²) in [6.45, 7) is 2.70. The summed E-state index contributed by atoms with van der Waals surface area (Å²) in [7, 11) is 1.48. The molecule has 0 radical (unpaired) electrons. The number of aromatic nitrogens is 2. The van der Waals surface area contributed by atoms with Gasteiger partial charge in [0.25, 0.3) is 11.5 Å². The van der Waals surface area contributed by atoms with Crippen LogP contribution in [0.3, 0.4) is 0 Å². The number of hydrogen-bond donors (Lipinski definition) is 2. The fraction of sp³-hybridized carbons (Fsp3) is 0.318. The van der Waals surface area contributed by atoms with Crippen molar-refractivity contribution in [1.29, 1.82) is 0 Å². The van der Waals surface area contributed by atoms with Gasteiger partial charge in [-0.25, -0.2) is 4.79 Å². The molecule has 3 rings (SSSR count). The van der Waals surface area contributed by atoms with Crippen molar-refractivity contribution in [2.75, 3.05) is 37.5 Å². The quantitative estimate of drug-likeness (QED) is 0.583. The van der Waals surface area contributed by atoms with Gasteiger partial charge in [0.2, 0.25) is 0 Å². The summed E-state index contributed by atoms with van der Waals surface area (Å²) in [4.78, 5) is 41.2. The monoisotopic (exact) mass is 460 g/mol. The molecule has 0 atom stereocenters. The van der Waals surface area contributed by atoms with E-state index in [2.05, 4.69) is 4.98 Å². The number of benzene rings is 1. The number of carbonyl (C=O) groups is 1. The number of halogens is 1. The van der Waals surface area contributed by atoms with Gasteiger partial charge in [-0.15, -0.1) is 0 Å². The van der Waals surface area contributed by atoms with Gasteiger partial charge in [0.05, 0.1) is 6.61 Å². The molecule has 0 fully saturated rings. The molecule has 2 heterocycles. The fourth-order valence-corrected chi connectivity index (χ4v) is 3.51. The average Bonchev–Trinajstić information content (AvgIpc) is 2.76. The van der Waals surface area contributed by atoms with Crippen LogP contribution < -0.4 is 26.6 Å². The highest BCUT2D eigenvalue weighted by Crippen LogP contribution is 2.29. The smallest absolute Gasteiger partial charge is 0.330 e. The van der Waals surface area contributed by atoms with Crippen LogP contribution in [0.25, 0.3) is 6.08 Å². The van der Waals surface area contributed by atoms with Crippen molar-refractivity contribution >= 4 is 35.1 Å². The minimum Gasteiger partial charge on any atom is -0.488 e. The second-order valence-electron chi connectivity index (χ2n) is 7.15. The Morgan fingerprint density at radius 3 is 2.91 bits per heavy atom. The lowest BCUT2D eigenvalue weighted by atomic mass is 10.1. The third-order valence-corrected chi connectivity index (χ3v) is 5.10. The number of aromatic amines is 1. The van der Waals surface area contributed by atoms with Gasteiger partial charge in [-0.3, -0.25) is 24.0 Å². The number of nitrogens with zero attached hydrogens (tertiary/aromatic N) is 2. The Hall–Kier alpha value is -3.30. The normalized spacial score (nSPS) is 12.9. The molecule has 9 nitrogen and oxygen atoms in total. The zero-order chi connectivity index (χ0) is 23.3. The van der Waals surface area contributed by atoms with Crippen molar-refractivity contribution in [2.45, 2.75) is 19.9 Å². The molecule has 10 heteroatoms. The lowest BCUT2D eigenvalue weighted by Crippen LogP contribution is -2.42. The van der Waals surface area contributed by atoms with Gasteiger partial charge >= 0.3 is 5.69 Å². The Balaban J connectivity index is 1.94. The largest absolute Gasteiger partial charge is 0.488 e. The van der Waals surface area contributed by atoms with E-state index in [1.54, 1.807) is 24.3 Å². The van der Waals surface area contributed by atoms with Crippen LogP contribution in [0, 0.1) is 0 Å². The Labute approximate surface area is 189 Å². The minimum atomic E-state index is -0.735. The van der Waals surface area contributed by atoms with Crippen molar-refractivity contribution in [3.63, 3.8) is 0 Å². The summed E-state index contributed by atoms with van der Waals surface area (Å²) in [5, 5.41) is 0.576. The Morgan fingerprint density at radius 1 is 1.41 bits per heavy atom. The topological polar surface area (TPSA) is 120 Å². The van der Waals surface area contributed by atoms with Crippen molar-refractivity contribution in [2.24, 2.45) is 0 Å². The van der Waals surface area contributed by atoms with Crippen LogP contribution in [0.2, 0.25) is 5.02 Å². The summed E-state index contributed by atoms with van der Waals surface area (Å²) >= 11 is 6.04. The van der Waals surface area contributed by atoms with Crippen LogP contribution in [0.4, 0.5) is 11.5 Å². The summed E-state index contributed by atoms with van der Waals surface area (Å²) in [6.07, 6.45) is 5.44. The van der Waals surface area contributed by atoms with Crippen molar-refractivity contribution < 1.29 is 14.3 Å². The van der Waals surface area contributed by atoms with Crippen LogP contribution in [0.5, 0.6) is 5.75 Å². The predicted octanol–water partition coefficient (Wildman–Crippen LogP) is 2.19. The molecule has 1 aliphatic heterocycles. The standard InChI is InChI=1S/C22H25ClN4O5/c1-3-8-27-20(24)19(21(29)25-22(27)30)26(9-10-31-2)18(28)7-4-14-11-15-12-16(23)5-6-17(15)32-13-14/h4-7,11-12H,3,8-10,13,24H2,1-2H3,(H,25,29,30)/b7-4+. The number of nitrogens with two attached hydrogens (primary N) is 1. The highest BCUT2D eigenvalue weighted by molar-refractivity contribution is 6.30. The number of carbonyl (C=O) groups excluding carboxylic acids is 1. The first-order chi connectivity index (χ1) is 15.3. The van der Waals surface area contributed by atoms with Gasteiger partial charge in [-0.05, 0) is 36.3 Å². The molecular formula is C22H25ClN4O5. The highest BCUT2D eigenvalue weighted by atomic mass is 35.5. The summed E-state index contributed by atoms with van der Waals surface area (Å²) < 4.78 is 12.0. The molecule has 1 amide bonds. The number of anilines is 2. The lowest BCUT2D eigenvalue weighted by molar-refractivity contribution is -0.114. The maximum absolute atomic E-state index is 13.0. The first kappa shape index (κ1) is 23.4. The molecule has 3 N–H and O–H groups in total. The average molecular weight is 461 g/mol. The predicted molar refractivity (Wildman–Crippen MR) is 124 cm³/mol. The highest BCUT2D eigenvalue weighted by Gasteiger charge is 2.23. The number of rotatable bonds is 8. The van der Waals surface area contributed by atoms with E-state index in [-0.39, 0.29) is 31.3 Å². The zero-order valence-corrected chi connectivity index (χ0v) is 18.6. The Morgan fingerprint density at radius 2 is 2.19 bits per heavy atom. The summed E-state index contributed by atoms with van der Waals surface area (Å²) in [5.41, 5.74) is 6.24. The molecule has 0 bridgehead atoms. The van der Waals surface area contributed by atoms with E-state index >= 15 is 0 Å². The van der Waals surface area contributed by atoms with Gasteiger partial charge in [-0.2, -0.15) is 0 Å². The summed E-state index contributed by atoms with van der Waals surface area (Å²) in [5.74, 6) is 0.151. The number of fused-ring (bicyclic) bond motifs is 1. The maximum atomic E-state index is 13.0. The number of amides is 1. The molecule has 1 aliphatic rings. The molecule has 2 aromatic rings.